The second-order valence-corrected chi connectivity index (χ2v) is 5.66. The Bertz CT molecular complexity index is 920. The zero-order valence-electron chi connectivity index (χ0n) is 15.1. The molecule has 2 heterocycles. The number of esters is 1. The van der Waals surface area contributed by atoms with E-state index in [9.17, 15) is 4.79 Å². The number of rotatable bonds is 7. The Hall–Kier alpha value is -2.93. The number of benzene rings is 1. The highest BCUT2D eigenvalue weighted by atomic mass is 16.5. The molecule has 0 aliphatic heterocycles. The fourth-order valence-electron chi connectivity index (χ4n) is 2.60. The number of carbonyl (C=O) groups excluding carboxylic acids is 1. The predicted molar refractivity (Wildman–Crippen MR) is 96.5 cm³/mol. The van der Waals surface area contributed by atoms with Crippen molar-refractivity contribution in [1.82, 2.24) is 14.4 Å². The Morgan fingerprint density at radius 3 is 2.85 bits per heavy atom. The van der Waals surface area contributed by atoms with Crippen LogP contribution in [0.1, 0.15) is 23.1 Å². The maximum absolute atomic E-state index is 12.1. The Kier molecular flexibility index (Phi) is 5.48. The molecule has 0 fully saturated rings. The molecule has 0 aliphatic carbocycles. The SMILES string of the molecule is CCOC(=O)c1ncn2c(C)cc(-c3cccc(OCCOC)c3)nc12. The standard InChI is InChI=1S/C19H21N3O4/c1-4-25-19(23)17-18-21-16(10-13(2)22(18)12-20-17)14-6-5-7-15(11-14)26-9-8-24-3/h5-7,10-12H,4,8-9H2,1-3H3. The van der Waals surface area contributed by atoms with E-state index in [4.69, 9.17) is 14.2 Å². The van der Waals surface area contributed by atoms with E-state index < -0.39 is 5.97 Å². The van der Waals surface area contributed by atoms with Crippen LogP contribution in [0.5, 0.6) is 5.75 Å². The average Bonchev–Trinajstić information content (AvgIpc) is 3.07. The molecular formula is C19H21N3O4. The third-order valence-electron chi connectivity index (χ3n) is 3.85. The zero-order valence-corrected chi connectivity index (χ0v) is 15.1. The molecule has 0 saturated heterocycles. The number of nitrogens with zero attached hydrogens (tertiary/aromatic N) is 3. The van der Waals surface area contributed by atoms with Gasteiger partial charge in [-0.1, -0.05) is 12.1 Å². The first-order chi connectivity index (χ1) is 12.6. The Labute approximate surface area is 151 Å². The molecule has 0 radical (unpaired) electrons. The molecule has 2 aromatic heterocycles. The summed E-state index contributed by atoms with van der Waals surface area (Å²) >= 11 is 0. The van der Waals surface area contributed by atoms with E-state index in [1.807, 2.05) is 37.3 Å². The predicted octanol–water partition coefficient (Wildman–Crippen LogP) is 2.91. The highest BCUT2D eigenvalue weighted by Crippen LogP contribution is 2.25. The lowest BCUT2D eigenvalue weighted by atomic mass is 10.1. The fraction of sp³-hybridized carbons (Fsp3) is 0.316. The highest BCUT2D eigenvalue weighted by molar-refractivity contribution is 5.94. The lowest BCUT2D eigenvalue weighted by Gasteiger charge is -2.09. The van der Waals surface area contributed by atoms with E-state index in [1.54, 1.807) is 24.8 Å². The Balaban J connectivity index is 1.99. The minimum Gasteiger partial charge on any atom is -0.491 e. The topological polar surface area (TPSA) is 75.0 Å². The summed E-state index contributed by atoms with van der Waals surface area (Å²) < 4.78 is 17.5. The molecule has 0 amide bonds. The maximum Gasteiger partial charge on any atom is 0.360 e. The van der Waals surface area contributed by atoms with Crippen LogP contribution in [0.3, 0.4) is 0 Å². The van der Waals surface area contributed by atoms with Gasteiger partial charge in [0.2, 0.25) is 0 Å². The minimum absolute atomic E-state index is 0.212. The van der Waals surface area contributed by atoms with E-state index in [0.29, 0.717) is 18.9 Å². The normalized spacial score (nSPS) is 10.9. The number of hydrogen-bond acceptors (Lipinski definition) is 6. The summed E-state index contributed by atoms with van der Waals surface area (Å²) in [6, 6.07) is 9.59. The summed E-state index contributed by atoms with van der Waals surface area (Å²) in [5, 5.41) is 0. The second-order valence-electron chi connectivity index (χ2n) is 5.66. The van der Waals surface area contributed by atoms with Crippen molar-refractivity contribution in [3.8, 4) is 17.0 Å². The van der Waals surface area contributed by atoms with Crippen molar-refractivity contribution >= 4 is 11.6 Å². The van der Waals surface area contributed by atoms with Crippen LogP contribution in [0.15, 0.2) is 36.7 Å². The first-order valence-corrected chi connectivity index (χ1v) is 8.38. The van der Waals surface area contributed by atoms with Gasteiger partial charge < -0.3 is 14.2 Å². The number of carbonyl (C=O) groups is 1. The molecule has 0 bridgehead atoms. The number of aromatic nitrogens is 3. The van der Waals surface area contributed by atoms with Crippen LogP contribution in [0.4, 0.5) is 0 Å². The van der Waals surface area contributed by atoms with Gasteiger partial charge in [-0.2, -0.15) is 0 Å². The third-order valence-corrected chi connectivity index (χ3v) is 3.85. The number of fused-ring (bicyclic) bond motifs is 1. The van der Waals surface area contributed by atoms with Crippen molar-refractivity contribution in [1.29, 1.82) is 0 Å². The van der Waals surface area contributed by atoms with Gasteiger partial charge in [-0.25, -0.2) is 14.8 Å². The van der Waals surface area contributed by atoms with Crippen LogP contribution < -0.4 is 4.74 Å². The molecule has 0 unspecified atom stereocenters. The average molecular weight is 355 g/mol. The third kappa shape index (κ3) is 3.67. The zero-order chi connectivity index (χ0) is 18.5. The van der Waals surface area contributed by atoms with Gasteiger partial charge in [0.1, 0.15) is 18.7 Å². The highest BCUT2D eigenvalue weighted by Gasteiger charge is 2.18. The molecule has 0 spiro atoms. The summed E-state index contributed by atoms with van der Waals surface area (Å²) in [5.74, 6) is 0.258. The quantitative estimate of drug-likeness (QED) is 0.479. The van der Waals surface area contributed by atoms with Crippen LogP contribution >= 0.6 is 0 Å². The maximum atomic E-state index is 12.1. The molecule has 0 saturated carbocycles. The van der Waals surface area contributed by atoms with Crippen LogP contribution in [0.2, 0.25) is 0 Å². The number of ether oxygens (including phenoxy) is 3. The molecule has 7 nitrogen and oxygen atoms in total. The monoisotopic (exact) mass is 355 g/mol. The molecular weight excluding hydrogens is 334 g/mol. The molecule has 0 aliphatic rings. The van der Waals surface area contributed by atoms with Crippen LogP contribution in [0.25, 0.3) is 16.9 Å². The van der Waals surface area contributed by atoms with E-state index >= 15 is 0 Å². The number of aryl methyl sites for hydroxylation is 1. The first kappa shape index (κ1) is 17.9. The van der Waals surface area contributed by atoms with Gasteiger partial charge in [0.05, 0.1) is 18.9 Å². The van der Waals surface area contributed by atoms with Gasteiger partial charge >= 0.3 is 5.97 Å². The van der Waals surface area contributed by atoms with Gasteiger partial charge in [-0.05, 0) is 32.0 Å². The summed E-state index contributed by atoms with van der Waals surface area (Å²) in [5.41, 5.74) is 3.23. The molecule has 0 atom stereocenters. The molecule has 26 heavy (non-hydrogen) atoms. The Morgan fingerprint density at radius 1 is 1.23 bits per heavy atom. The lowest BCUT2D eigenvalue weighted by molar-refractivity contribution is 0.0522. The van der Waals surface area contributed by atoms with Crippen molar-refractivity contribution in [2.75, 3.05) is 26.9 Å². The fourth-order valence-corrected chi connectivity index (χ4v) is 2.60. The molecule has 3 rings (SSSR count). The summed E-state index contributed by atoms with van der Waals surface area (Å²) in [7, 11) is 1.63. The summed E-state index contributed by atoms with van der Waals surface area (Å²) in [4.78, 5) is 20.9. The van der Waals surface area contributed by atoms with Crippen molar-refractivity contribution < 1.29 is 19.0 Å². The Morgan fingerprint density at radius 2 is 2.08 bits per heavy atom. The van der Waals surface area contributed by atoms with E-state index in [0.717, 1.165) is 22.7 Å². The molecule has 7 heteroatoms. The van der Waals surface area contributed by atoms with E-state index in [-0.39, 0.29) is 12.3 Å². The molecule has 136 valence electrons. The minimum atomic E-state index is -0.476. The molecule has 3 aromatic rings. The van der Waals surface area contributed by atoms with Crippen molar-refractivity contribution in [2.45, 2.75) is 13.8 Å². The van der Waals surface area contributed by atoms with E-state index in [1.165, 1.54) is 0 Å². The van der Waals surface area contributed by atoms with Gasteiger partial charge in [-0.15, -0.1) is 0 Å². The lowest BCUT2D eigenvalue weighted by Crippen LogP contribution is -2.07. The molecule has 0 N–H and O–H groups in total. The summed E-state index contributed by atoms with van der Waals surface area (Å²) in [6.07, 6.45) is 1.58. The van der Waals surface area contributed by atoms with Crippen LogP contribution in [-0.4, -0.2) is 47.3 Å². The summed E-state index contributed by atoms with van der Waals surface area (Å²) in [6.45, 7) is 4.98. The van der Waals surface area contributed by atoms with Gasteiger partial charge in [0.25, 0.3) is 0 Å². The smallest absolute Gasteiger partial charge is 0.360 e. The van der Waals surface area contributed by atoms with Crippen LogP contribution in [-0.2, 0) is 9.47 Å². The largest absolute Gasteiger partial charge is 0.491 e. The van der Waals surface area contributed by atoms with Crippen molar-refractivity contribution in [3.63, 3.8) is 0 Å². The van der Waals surface area contributed by atoms with Crippen molar-refractivity contribution in [2.24, 2.45) is 0 Å². The molecule has 1 aromatic carbocycles. The van der Waals surface area contributed by atoms with Gasteiger partial charge in [0, 0.05) is 18.4 Å². The number of imidazole rings is 1. The van der Waals surface area contributed by atoms with Crippen molar-refractivity contribution in [3.05, 3.63) is 48.0 Å². The number of hydrogen-bond donors (Lipinski definition) is 0. The first-order valence-electron chi connectivity index (χ1n) is 8.38. The number of methoxy groups -OCH3 is 1. The van der Waals surface area contributed by atoms with Gasteiger partial charge in [0.15, 0.2) is 11.3 Å². The second kappa shape index (κ2) is 7.97. The van der Waals surface area contributed by atoms with Crippen LogP contribution in [0, 0.1) is 6.92 Å². The van der Waals surface area contributed by atoms with Gasteiger partial charge in [-0.3, -0.25) is 4.40 Å². The van der Waals surface area contributed by atoms with E-state index in [2.05, 4.69) is 9.97 Å².